The molecule has 1 aliphatic heterocycles. The topological polar surface area (TPSA) is 86.3 Å². The monoisotopic (exact) mass is 624 g/mol. The van der Waals surface area contributed by atoms with Crippen molar-refractivity contribution in [3.05, 3.63) is 118 Å². The first-order valence-electron chi connectivity index (χ1n) is 14.5. The fourth-order valence-electron chi connectivity index (χ4n) is 6.23. The predicted molar refractivity (Wildman–Crippen MR) is 174 cm³/mol. The maximum absolute atomic E-state index is 14.6. The van der Waals surface area contributed by atoms with E-state index in [-0.39, 0.29) is 24.0 Å². The zero-order valence-electron chi connectivity index (χ0n) is 25.4. The van der Waals surface area contributed by atoms with Crippen molar-refractivity contribution in [2.75, 3.05) is 38.7 Å². The number of Topliss-reactive ketones (excluding diaryl/α,β-unsaturated/α-hetero) is 1. The smallest absolute Gasteiger partial charge is 0.259 e. The molecule has 1 N–H and O–H groups in total. The number of anilines is 2. The van der Waals surface area contributed by atoms with Crippen LogP contribution in [0, 0.1) is 0 Å². The van der Waals surface area contributed by atoms with Crippen LogP contribution < -0.4 is 29.2 Å². The van der Waals surface area contributed by atoms with E-state index < -0.39 is 6.04 Å². The van der Waals surface area contributed by atoms with Gasteiger partial charge in [0, 0.05) is 28.3 Å². The fraction of sp³-hybridized carbons (Fsp3) is 0.222. The zero-order valence-corrected chi connectivity index (χ0v) is 26.2. The number of carbonyl (C=O) groups excluding carboxylic acids is 2. The number of ketones is 1. The highest BCUT2D eigenvalue weighted by Gasteiger charge is 2.42. The Hall–Kier alpha value is -4.95. The van der Waals surface area contributed by atoms with Crippen molar-refractivity contribution < 1.29 is 28.5 Å². The Kier molecular flexibility index (Phi) is 8.41. The summed E-state index contributed by atoms with van der Waals surface area (Å²) in [4.78, 5) is 30.7. The second kappa shape index (κ2) is 12.6. The van der Waals surface area contributed by atoms with Gasteiger partial charge in [-0.05, 0) is 84.1 Å². The third-order valence-corrected chi connectivity index (χ3v) is 8.64. The molecule has 2 atom stereocenters. The van der Waals surface area contributed by atoms with Crippen LogP contribution in [0.3, 0.4) is 0 Å². The van der Waals surface area contributed by atoms with Crippen LogP contribution in [0.15, 0.2) is 96.2 Å². The molecule has 0 spiro atoms. The number of amides is 1. The summed E-state index contributed by atoms with van der Waals surface area (Å²) in [5.74, 6) is 1.57. The molecule has 2 aliphatic rings. The van der Waals surface area contributed by atoms with Gasteiger partial charge in [-0.3, -0.25) is 14.5 Å². The molecule has 0 saturated carbocycles. The molecule has 6 rings (SSSR count). The number of methoxy groups -OCH3 is 4. The fourth-order valence-corrected chi connectivity index (χ4v) is 6.36. The summed E-state index contributed by atoms with van der Waals surface area (Å²) < 4.78 is 22.4. The molecule has 1 amide bonds. The molecule has 45 heavy (non-hydrogen) atoms. The van der Waals surface area contributed by atoms with Crippen LogP contribution in [-0.2, 0) is 4.79 Å². The van der Waals surface area contributed by atoms with Gasteiger partial charge in [0.15, 0.2) is 17.3 Å². The maximum Gasteiger partial charge on any atom is 0.259 e. The first-order valence-corrected chi connectivity index (χ1v) is 14.9. The van der Waals surface area contributed by atoms with Gasteiger partial charge in [0.05, 0.1) is 45.9 Å². The lowest BCUT2D eigenvalue weighted by Crippen LogP contribution is -2.38. The lowest BCUT2D eigenvalue weighted by atomic mass is 9.78. The number of rotatable bonds is 7. The quantitative estimate of drug-likeness (QED) is 0.227. The summed E-state index contributed by atoms with van der Waals surface area (Å²) in [7, 11) is 6.24. The molecular weight excluding hydrogens is 592 g/mol. The maximum atomic E-state index is 14.6. The van der Waals surface area contributed by atoms with E-state index in [1.807, 2.05) is 48.5 Å². The van der Waals surface area contributed by atoms with Gasteiger partial charge in [0.2, 0.25) is 5.75 Å². The highest BCUT2D eigenvalue weighted by molar-refractivity contribution is 6.30. The van der Waals surface area contributed by atoms with E-state index in [2.05, 4.69) is 5.32 Å². The van der Waals surface area contributed by atoms with Gasteiger partial charge in [-0.25, -0.2) is 0 Å². The number of fused-ring (bicyclic) bond motifs is 1. The minimum absolute atomic E-state index is 0.0648. The number of ether oxygens (including phenoxy) is 4. The summed E-state index contributed by atoms with van der Waals surface area (Å²) in [6.07, 6.45) is 0.832. The standard InChI is InChI=1S/C36H33ClN2O6/c1-42-26-15-11-21(12-16-26)23-17-28-33(30(40)18-23)34(24-19-31(43-2)35(45-4)32(20-24)44-3)39(29-8-6-5-7-27(29)38-28)36(41)22-9-13-25(37)14-10-22/h5-16,19-20,23,34,38H,17-18H2,1-4H3/t23-,34+/m1/s1. The first-order chi connectivity index (χ1) is 21.9. The van der Waals surface area contributed by atoms with Gasteiger partial charge in [-0.15, -0.1) is 0 Å². The molecule has 8 nitrogen and oxygen atoms in total. The summed E-state index contributed by atoms with van der Waals surface area (Å²) in [5, 5.41) is 4.09. The summed E-state index contributed by atoms with van der Waals surface area (Å²) in [6, 6.07) is 24.9. The molecule has 4 aromatic carbocycles. The molecule has 9 heteroatoms. The van der Waals surface area contributed by atoms with E-state index in [9.17, 15) is 9.59 Å². The Balaban J connectivity index is 1.59. The Labute approximate surface area is 267 Å². The number of allylic oxidation sites excluding steroid dienone is 1. The van der Waals surface area contributed by atoms with Crippen molar-refractivity contribution in [2.45, 2.75) is 24.8 Å². The molecule has 0 aromatic heterocycles. The number of benzene rings is 4. The third kappa shape index (κ3) is 5.58. The van der Waals surface area contributed by atoms with Crippen molar-refractivity contribution in [2.24, 2.45) is 0 Å². The van der Waals surface area contributed by atoms with Crippen molar-refractivity contribution in [3.63, 3.8) is 0 Å². The van der Waals surface area contributed by atoms with Gasteiger partial charge >= 0.3 is 0 Å². The van der Waals surface area contributed by atoms with Gasteiger partial charge in [-0.1, -0.05) is 35.9 Å². The molecule has 0 bridgehead atoms. The Morgan fingerprint density at radius 2 is 1.47 bits per heavy atom. The number of para-hydroxylation sites is 2. The third-order valence-electron chi connectivity index (χ3n) is 8.39. The van der Waals surface area contributed by atoms with Gasteiger partial charge in [-0.2, -0.15) is 0 Å². The van der Waals surface area contributed by atoms with E-state index in [0.29, 0.717) is 56.8 Å². The highest BCUT2D eigenvalue weighted by atomic mass is 35.5. The van der Waals surface area contributed by atoms with E-state index in [4.69, 9.17) is 30.5 Å². The predicted octanol–water partition coefficient (Wildman–Crippen LogP) is 7.59. The summed E-state index contributed by atoms with van der Waals surface area (Å²) in [6.45, 7) is 0. The van der Waals surface area contributed by atoms with Gasteiger partial charge in [0.25, 0.3) is 5.91 Å². The number of nitrogens with zero attached hydrogens (tertiary/aromatic N) is 1. The molecular formula is C36H33ClN2O6. The van der Waals surface area contributed by atoms with Crippen LogP contribution >= 0.6 is 11.6 Å². The number of hydrogen-bond donors (Lipinski definition) is 1. The molecule has 0 radical (unpaired) electrons. The number of hydrogen-bond acceptors (Lipinski definition) is 7. The largest absolute Gasteiger partial charge is 0.497 e. The van der Waals surface area contributed by atoms with Gasteiger partial charge in [0.1, 0.15) is 5.75 Å². The lowest BCUT2D eigenvalue weighted by Gasteiger charge is -2.35. The molecule has 0 saturated heterocycles. The molecule has 4 aromatic rings. The van der Waals surface area contributed by atoms with Crippen molar-refractivity contribution >= 4 is 34.7 Å². The van der Waals surface area contributed by atoms with Crippen LogP contribution in [0.4, 0.5) is 11.4 Å². The number of halogens is 1. The lowest BCUT2D eigenvalue weighted by molar-refractivity contribution is -0.116. The molecule has 1 heterocycles. The van der Waals surface area contributed by atoms with E-state index in [0.717, 1.165) is 17.0 Å². The van der Waals surface area contributed by atoms with Crippen molar-refractivity contribution in [1.82, 2.24) is 0 Å². The molecule has 230 valence electrons. The van der Waals surface area contributed by atoms with Crippen LogP contribution in [0.5, 0.6) is 23.0 Å². The van der Waals surface area contributed by atoms with Crippen LogP contribution in [0.2, 0.25) is 5.02 Å². The SMILES string of the molecule is COc1ccc([C@H]2CC(=O)C3=C(C2)Nc2ccccc2N(C(=O)c2ccc(Cl)cc2)[C@H]3c2cc(OC)c(OC)c(OC)c2)cc1. The summed E-state index contributed by atoms with van der Waals surface area (Å²) in [5.41, 5.74) is 4.69. The number of carbonyl (C=O) groups is 2. The Morgan fingerprint density at radius 1 is 0.800 bits per heavy atom. The van der Waals surface area contributed by atoms with Crippen LogP contribution in [0.25, 0.3) is 0 Å². The van der Waals surface area contributed by atoms with Crippen molar-refractivity contribution in [1.29, 1.82) is 0 Å². The Morgan fingerprint density at radius 3 is 2.09 bits per heavy atom. The zero-order chi connectivity index (χ0) is 31.7. The van der Waals surface area contributed by atoms with Crippen LogP contribution in [-0.4, -0.2) is 40.1 Å². The first kappa shape index (κ1) is 30.1. The Bertz CT molecular complexity index is 1760. The minimum atomic E-state index is -0.822. The van der Waals surface area contributed by atoms with E-state index in [1.54, 1.807) is 48.4 Å². The second-order valence-electron chi connectivity index (χ2n) is 10.9. The average molecular weight is 625 g/mol. The highest BCUT2D eigenvalue weighted by Crippen LogP contribution is 2.50. The minimum Gasteiger partial charge on any atom is -0.497 e. The second-order valence-corrected chi connectivity index (χ2v) is 11.3. The summed E-state index contributed by atoms with van der Waals surface area (Å²) >= 11 is 6.19. The molecule has 0 unspecified atom stereocenters. The molecule has 0 fully saturated rings. The van der Waals surface area contributed by atoms with Gasteiger partial charge < -0.3 is 24.3 Å². The van der Waals surface area contributed by atoms with E-state index in [1.165, 1.54) is 21.3 Å². The van der Waals surface area contributed by atoms with E-state index >= 15 is 0 Å². The van der Waals surface area contributed by atoms with Crippen LogP contribution in [0.1, 0.15) is 46.3 Å². The number of nitrogens with one attached hydrogen (secondary N) is 1. The molecule has 1 aliphatic carbocycles. The average Bonchev–Trinajstić information content (AvgIpc) is 3.22. The normalized spacial score (nSPS) is 17.4. The van der Waals surface area contributed by atoms with Crippen molar-refractivity contribution in [3.8, 4) is 23.0 Å².